The molecule has 2 aliphatic rings. The molecule has 0 aromatic carbocycles. The third-order valence-electron chi connectivity index (χ3n) is 4.71. The van der Waals surface area contributed by atoms with Gasteiger partial charge in [-0.2, -0.15) is 0 Å². The van der Waals surface area contributed by atoms with Gasteiger partial charge in [0.1, 0.15) is 6.04 Å². The van der Waals surface area contributed by atoms with Crippen molar-refractivity contribution in [3.63, 3.8) is 0 Å². The van der Waals surface area contributed by atoms with Crippen LogP contribution in [0.25, 0.3) is 0 Å². The van der Waals surface area contributed by atoms with Crippen LogP contribution in [0.15, 0.2) is 0 Å². The second-order valence-electron chi connectivity index (χ2n) is 7.04. The number of rotatable bonds is 7. The molecule has 1 heterocycles. The number of ether oxygens (including phenoxy) is 1. The summed E-state index contributed by atoms with van der Waals surface area (Å²) in [6, 6.07) is 0.392. The highest BCUT2D eigenvalue weighted by Crippen LogP contribution is 2.22. The monoisotopic (exact) mass is 297 g/mol. The maximum absolute atomic E-state index is 12.0. The fourth-order valence-corrected chi connectivity index (χ4v) is 2.89. The smallest absolute Gasteiger partial charge is 0.323 e. The van der Waals surface area contributed by atoms with Crippen molar-refractivity contribution < 1.29 is 9.53 Å². The van der Waals surface area contributed by atoms with E-state index in [1.54, 1.807) is 0 Å². The van der Waals surface area contributed by atoms with Crippen LogP contribution in [0.5, 0.6) is 0 Å². The maximum atomic E-state index is 12.0. The van der Waals surface area contributed by atoms with Gasteiger partial charge in [0, 0.05) is 37.8 Å². The quantitative estimate of drug-likeness (QED) is 0.713. The van der Waals surface area contributed by atoms with Gasteiger partial charge in [-0.1, -0.05) is 0 Å². The normalized spacial score (nSPS) is 24.8. The van der Waals surface area contributed by atoms with Crippen LogP contribution in [-0.2, 0) is 9.53 Å². The molecule has 21 heavy (non-hydrogen) atoms. The lowest BCUT2D eigenvalue weighted by Crippen LogP contribution is -2.58. The molecule has 1 aliphatic heterocycles. The van der Waals surface area contributed by atoms with Crippen LogP contribution in [0.4, 0.5) is 0 Å². The van der Waals surface area contributed by atoms with E-state index in [2.05, 4.69) is 36.0 Å². The Hall–Kier alpha value is -0.650. The topological polar surface area (TPSA) is 44.8 Å². The summed E-state index contributed by atoms with van der Waals surface area (Å²) in [5.74, 6) is -0.0854. The van der Waals surface area contributed by atoms with Crippen molar-refractivity contribution in [2.75, 3.05) is 39.8 Å². The van der Waals surface area contributed by atoms with Crippen LogP contribution in [0.3, 0.4) is 0 Å². The number of nitrogens with one attached hydrogen (secondary N) is 1. The van der Waals surface area contributed by atoms with Crippen molar-refractivity contribution in [3.05, 3.63) is 0 Å². The summed E-state index contributed by atoms with van der Waals surface area (Å²) < 4.78 is 5.20. The second-order valence-corrected chi connectivity index (χ2v) is 7.04. The van der Waals surface area contributed by atoms with Gasteiger partial charge < -0.3 is 15.0 Å². The fraction of sp³-hybridized carbons (Fsp3) is 0.938. The number of hydrogen-bond donors (Lipinski definition) is 1. The van der Waals surface area contributed by atoms with Gasteiger partial charge in [0.25, 0.3) is 0 Å². The van der Waals surface area contributed by atoms with E-state index in [1.165, 1.54) is 12.8 Å². The molecule has 0 spiro atoms. The molecule has 5 nitrogen and oxygen atoms in total. The molecule has 0 bridgehead atoms. The molecule has 0 aromatic heterocycles. The first-order valence-corrected chi connectivity index (χ1v) is 8.28. The van der Waals surface area contributed by atoms with Crippen molar-refractivity contribution in [2.45, 2.75) is 57.7 Å². The zero-order valence-corrected chi connectivity index (χ0v) is 14.0. The van der Waals surface area contributed by atoms with E-state index in [-0.39, 0.29) is 17.6 Å². The molecule has 2 rings (SSSR count). The zero-order chi connectivity index (χ0) is 15.5. The summed E-state index contributed by atoms with van der Waals surface area (Å²) in [7, 11) is 2.19. The molecule has 1 saturated carbocycles. The third kappa shape index (κ3) is 4.94. The Labute approximate surface area is 129 Å². The molecule has 1 unspecified atom stereocenters. The largest absolute Gasteiger partial charge is 0.465 e. The lowest BCUT2D eigenvalue weighted by molar-refractivity contribution is -0.146. The average molecular weight is 297 g/mol. The summed E-state index contributed by atoms with van der Waals surface area (Å²) >= 11 is 0. The van der Waals surface area contributed by atoms with Crippen molar-refractivity contribution in [2.24, 2.45) is 0 Å². The minimum Gasteiger partial charge on any atom is -0.465 e. The Bertz CT molecular complexity index is 355. The molecule has 0 aromatic rings. The van der Waals surface area contributed by atoms with E-state index < -0.39 is 0 Å². The van der Waals surface area contributed by atoms with Gasteiger partial charge in [0.15, 0.2) is 0 Å². The lowest BCUT2D eigenvalue weighted by atomic mass is 9.99. The van der Waals surface area contributed by atoms with E-state index in [1.807, 2.05) is 6.92 Å². The first-order chi connectivity index (χ1) is 9.92. The first kappa shape index (κ1) is 16.7. The second kappa shape index (κ2) is 7.07. The zero-order valence-electron chi connectivity index (χ0n) is 14.0. The molecular weight excluding hydrogens is 266 g/mol. The van der Waals surface area contributed by atoms with Crippen molar-refractivity contribution in [1.82, 2.24) is 15.1 Å². The minimum absolute atomic E-state index is 0.0854. The number of hydrogen-bond acceptors (Lipinski definition) is 5. The Morgan fingerprint density at radius 2 is 2.10 bits per heavy atom. The van der Waals surface area contributed by atoms with E-state index in [0.717, 1.165) is 32.6 Å². The summed E-state index contributed by atoms with van der Waals surface area (Å²) in [6.45, 7) is 11.1. The molecule has 5 heteroatoms. The summed E-state index contributed by atoms with van der Waals surface area (Å²) in [6.07, 6.45) is 3.23. The number of carbonyl (C=O) groups is 1. The maximum Gasteiger partial charge on any atom is 0.323 e. The Kier molecular flexibility index (Phi) is 5.63. The predicted octanol–water partition coefficient (Wildman–Crippen LogP) is 1.09. The van der Waals surface area contributed by atoms with Crippen LogP contribution in [0.1, 0.15) is 40.0 Å². The molecule has 1 saturated heterocycles. The van der Waals surface area contributed by atoms with Crippen LogP contribution in [0, 0.1) is 0 Å². The van der Waals surface area contributed by atoms with Crippen LogP contribution in [0.2, 0.25) is 0 Å². The van der Waals surface area contributed by atoms with E-state index in [4.69, 9.17) is 4.74 Å². The van der Waals surface area contributed by atoms with Gasteiger partial charge in [-0.25, -0.2) is 0 Å². The number of likely N-dealkylation sites (N-methyl/N-ethyl adjacent to an activating group) is 1. The van der Waals surface area contributed by atoms with Crippen LogP contribution < -0.4 is 5.32 Å². The molecular formula is C16H31N3O2. The third-order valence-corrected chi connectivity index (χ3v) is 4.71. The SMILES string of the molecule is CCOC(=O)C(CCN1CCN(C)C(C)(C)C1)NC1CC1. The number of nitrogens with zero attached hydrogens (tertiary/aromatic N) is 2. The van der Waals surface area contributed by atoms with Crippen molar-refractivity contribution >= 4 is 5.97 Å². The lowest BCUT2D eigenvalue weighted by Gasteiger charge is -2.45. The first-order valence-electron chi connectivity index (χ1n) is 8.28. The van der Waals surface area contributed by atoms with Gasteiger partial charge in [0.2, 0.25) is 0 Å². The fourth-order valence-electron chi connectivity index (χ4n) is 2.89. The summed E-state index contributed by atoms with van der Waals surface area (Å²) in [5, 5.41) is 3.43. The number of esters is 1. The van der Waals surface area contributed by atoms with Gasteiger partial charge in [-0.15, -0.1) is 0 Å². The summed E-state index contributed by atoms with van der Waals surface area (Å²) in [5.41, 5.74) is 0.210. The molecule has 0 amide bonds. The van der Waals surface area contributed by atoms with Gasteiger partial charge >= 0.3 is 5.97 Å². The molecule has 0 radical (unpaired) electrons. The molecule has 2 fully saturated rings. The standard InChI is InChI=1S/C16H31N3O2/c1-5-21-15(20)14(17-13-6-7-13)8-9-19-11-10-18(4)16(2,3)12-19/h13-14,17H,5-12H2,1-4H3. The predicted molar refractivity (Wildman–Crippen MR) is 84.3 cm³/mol. The highest BCUT2D eigenvalue weighted by molar-refractivity contribution is 5.75. The van der Waals surface area contributed by atoms with Crippen molar-refractivity contribution in [1.29, 1.82) is 0 Å². The Morgan fingerprint density at radius 3 is 2.67 bits per heavy atom. The van der Waals surface area contributed by atoms with Gasteiger partial charge in [0.05, 0.1) is 6.61 Å². The van der Waals surface area contributed by atoms with Crippen LogP contribution >= 0.6 is 0 Å². The highest BCUT2D eigenvalue weighted by atomic mass is 16.5. The Balaban J connectivity index is 1.81. The van der Waals surface area contributed by atoms with E-state index in [9.17, 15) is 4.79 Å². The van der Waals surface area contributed by atoms with E-state index >= 15 is 0 Å². The number of carbonyl (C=O) groups excluding carboxylic acids is 1. The minimum atomic E-state index is -0.139. The molecule has 122 valence electrons. The molecule has 1 N–H and O–H groups in total. The summed E-state index contributed by atoms with van der Waals surface area (Å²) in [4.78, 5) is 16.9. The Morgan fingerprint density at radius 1 is 1.38 bits per heavy atom. The highest BCUT2D eigenvalue weighted by Gasteiger charge is 2.33. The van der Waals surface area contributed by atoms with Gasteiger partial charge in [-0.05, 0) is 47.1 Å². The van der Waals surface area contributed by atoms with Gasteiger partial charge in [-0.3, -0.25) is 9.69 Å². The average Bonchev–Trinajstić information content (AvgIpc) is 3.22. The molecule has 1 aliphatic carbocycles. The van der Waals surface area contributed by atoms with Crippen molar-refractivity contribution in [3.8, 4) is 0 Å². The number of piperazine rings is 1. The molecule has 1 atom stereocenters. The van der Waals surface area contributed by atoms with E-state index in [0.29, 0.717) is 12.6 Å². The van der Waals surface area contributed by atoms with Crippen LogP contribution in [-0.4, -0.2) is 73.2 Å².